The first-order valence-electron chi connectivity index (χ1n) is 11.9. The van der Waals surface area contributed by atoms with E-state index in [0.29, 0.717) is 18.7 Å². The fourth-order valence-electron chi connectivity index (χ4n) is 3.65. The standard InChI is InChI=1S/C26H42N2O4S/c1-19(2)10-8-11-20(3)12-9-13-21(4)15-17-33-18-23(22(5)29)27-26(32)28-16-7-6-14-24(28)25(30)31/h10,12,15,23-24H,6-9,11,13-14,16-18H2,1-5H3,(H,27,32)(H,30,31)/b20-12+,21-15+. The molecule has 186 valence electrons. The average Bonchev–Trinajstić information content (AvgIpc) is 2.75. The number of likely N-dealkylation sites (tertiary alicyclic amines) is 1. The lowest BCUT2D eigenvalue weighted by Gasteiger charge is -2.33. The Morgan fingerprint density at radius 1 is 1.00 bits per heavy atom. The van der Waals surface area contributed by atoms with Gasteiger partial charge in [0.05, 0.1) is 6.04 Å². The molecule has 1 fully saturated rings. The Labute approximate surface area is 203 Å². The summed E-state index contributed by atoms with van der Waals surface area (Å²) in [5.41, 5.74) is 4.10. The first-order chi connectivity index (χ1) is 15.6. The van der Waals surface area contributed by atoms with Gasteiger partial charge >= 0.3 is 12.0 Å². The molecule has 2 N–H and O–H groups in total. The predicted molar refractivity (Wildman–Crippen MR) is 138 cm³/mol. The largest absolute Gasteiger partial charge is 0.480 e. The van der Waals surface area contributed by atoms with Crippen molar-refractivity contribution in [1.82, 2.24) is 10.2 Å². The SMILES string of the molecule is CC(=O)C(CSC/C=C(\C)CC/C=C(\C)CCC=C(C)C)NC(=O)N1CCCCC1C(=O)O. The van der Waals surface area contributed by atoms with Crippen molar-refractivity contribution in [3.8, 4) is 0 Å². The molecule has 2 atom stereocenters. The molecule has 0 aromatic rings. The monoisotopic (exact) mass is 478 g/mol. The van der Waals surface area contributed by atoms with Gasteiger partial charge in [-0.1, -0.05) is 34.9 Å². The van der Waals surface area contributed by atoms with Crippen LogP contribution in [0.5, 0.6) is 0 Å². The second kappa shape index (κ2) is 15.8. The van der Waals surface area contributed by atoms with Crippen LogP contribution in [-0.4, -0.2) is 57.9 Å². The number of amides is 2. The van der Waals surface area contributed by atoms with Crippen LogP contribution in [0.2, 0.25) is 0 Å². The number of urea groups is 1. The number of ketones is 1. The summed E-state index contributed by atoms with van der Waals surface area (Å²) in [6.07, 6.45) is 13.0. The van der Waals surface area contributed by atoms with Gasteiger partial charge in [0.2, 0.25) is 0 Å². The second-order valence-electron chi connectivity index (χ2n) is 9.15. The third-order valence-electron chi connectivity index (χ3n) is 5.79. The number of aliphatic carboxylic acids is 1. The summed E-state index contributed by atoms with van der Waals surface area (Å²) in [7, 11) is 0. The van der Waals surface area contributed by atoms with Crippen LogP contribution in [0.4, 0.5) is 4.79 Å². The zero-order valence-corrected chi connectivity index (χ0v) is 21.8. The van der Waals surface area contributed by atoms with E-state index in [0.717, 1.165) is 44.3 Å². The second-order valence-corrected chi connectivity index (χ2v) is 10.2. The number of carbonyl (C=O) groups excluding carboxylic acids is 2. The van der Waals surface area contributed by atoms with Gasteiger partial charge in [0.15, 0.2) is 5.78 Å². The van der Waals surface area contributed by atoms with E-state index in [-0.39, 0.29) is 5.78 Å². The van der Waals surface area contributed by atoms with Crippen LogP contribution < -0.4 is 5.32 Å². The average molecular weight is 479 g/mol. The van der Waals surface area contributed by atoms with Crippen LogP contribution in [-0.2, 0) is 9.59 Å². The number of hydrogen-bond acceptors (Lipinski definition) is 4. The lowest BCUT2D eigenvalue weighted by Crippen LogP contribution is -2.55. The van der Waals surface area contributed by atoms with Crippen LogP contribution in [0.25, 0.3) is 0 Å². The highest BCUT2D eigenvalue weighted by Crippen LogP contribution is 2.18. The minimum atomic E-state index is -0.989. The van der Waals surface area contributed by atoms with Crippen molar-refractivity contribution in [2.75, 3.05) is 18.1 Å². The Morgan fingerprint density at radius 3 is 2.24 bits per heavy atom. The summed E-state index contributed by atoms with van der Waals surface area (Å²) in [5, 5.41) is 12.1. The van der Waals surface area contributed by atoms with Gasteiger partial charge in [-0.05, 0) is 79.6 Å². The van der Waals surface area contributed by atoms with Gasteiger partial charge in [0, 0.05) is 18.1 Å². The number of piperidine rings is 1. The number of carbonyl (C=O) groups is 3. The lowest BCUT2D eigenvalue weighted by molar-refractivity contribution is -0.143. The van der Waals surface area contributed by atoms with Crippen molar-refractivity contribution in [2.45, 2.75) is 91.6 Å². The van der Waals surface area contributed by atoms with E-state index >= 15 is 0 Å². The first kappa shape index (κ1) is 29.0. The van der Waals surface area contributed by atoms with E-state index in [1.807, 2.05) is 0 Å². The number of thioether (sulfide) groups is 1. The normalized spacial score (nSPS) is 18.0. The molecule has 7 heteroatoms. The number of hydrogen-bond donors (Lipinski definition) is 2. The smallest absolute Gasteiger partial charge is 0.326 e. The van der Waals surface area contributed by atoms with E-state index in [4.69, 9.17) is 0 Å². The molecule has 0 aromatic carbocycles. The molecular formula is C26H42N2O4S. The summed E-state index contributed by atoms with van der Waals surface area (Å²) < 4.78 is 0. The van der Waals surface area contributed by atoms with Gasteiger partial charge in [-0.15, -0.1) is 0 Å². The van der Waals surface area contributed by atoms with Crippen LogP contribution in [0.15, 0.2) is 34.9 Å². The number of Topliss-reactive ketones (excluding diaryl/α,β-unsaturated/α-hetero) is 1. The van der Waals surface area contributed by atoms with Crippen LogP contribution >= 0.6 is 11.8 Å². The summed E-state index contributed by atoms with van der Waals surface area (Å²) in [5.74, 6) is 0.141. The molecule has 0 radical (unpaired) electrons. The summed E-state index contributed by atoms with van der Waals surface area (Å²) in [6.45, 7) is 10.4. The number of allylic oxidation sites excluding steroid dienone is 5. The highest BCUT2D eigenvalue weighted by molar-refractivity contribution is 7.99. The lowest BCUT2D eigenvalue weighted by atomic mass is 10.0. The number of nitrogens with zero attached hydrogens (tertiary/aromatic N) is 1. The molecule has 0 aliphatic carbocycles. The van der Waals surface area contributed by atoms with Crippen LogP contribution in [0, 0.1) is 0 Å². The molecule has 0 aromatic heterocycles. The van der Waals surface area contributed by atoms with Gasteiger partial charge in [-0.2, -0.15) is 11.8 Å². The van der Waals surface area contributed by atoms with Crippen molar-refractivity contribution in [2.24, 2.45) is 0 Å². The molecule has 33 heavy (non-hydrogen) atoms. The van der Waals surface area contributed by atoms with Crippen molar-refractivity contribution in [1.29, 1.82) is 0 Å². The zero-order chi connectivity index (χ0) is 24.8. The molecule has 1 saturated heterocycles. The minimum Gasteiger partial charge on any atom is -0.480 e. The van der Waals surface area contributed by atoms with E-state index in [2.05, 4.69) is 51.2 Å². The molecule has 1 rings (SSSR count). The highest BCUT2D eigenvalue weighted by atomic mass is 32.2. The fraction of sp³-hybridized carbons (Fsp3) is 0.654. The maximum Gasteiger partial charge on any atom is 0.326 e. The summed E-state index contributed by atoms with van der Waals surface area (Å²) >= 11 is 1.60. The Kier molecular flexibility index (Phi) is 13.8. The molecule has 1 heterocycles. The molecule has 2 amide bonds. The van der Waals surface area contributed by atoms with Crippen LogP contribution in [0.1, 0.15) is 79.6 Å². The maximum absolute atomic E-state index is 12.6. The van der Waals surface area contributed by atoms with Gasteiger partial charge in [0.25, 0.3) is 0 Å². The fourth-order valence-corrected chi connectivity index (χ4v) is 4.74. The Balaban J connectivity index is 2.43. The Bertz CT molecular complexity index is 753. The van der Waals surface area contributed by atoms with Crippen LogP contribution in [0.3, 0.4) is 0 Å². The number of nitrogens with one attached hydrogen (secondary N) is 1. The Hall–Kier alpha value is -2.02. The minimum absolute atomic E-state index is 0.117. The van der Waals surface area contributed by atoms with Crippen molar-refractivity contribution in [3.05, 3.63) is 34.9 Å². The molecule has 1 aliphatic rings. The summed E-state index contributed by atoms with van der Waals surface area (Å²) in [4.78, 5) is 37.4. The van der Waals surface area contributed by atoms with Gasteiger partial charge in [-0.3, -0.25) is 4.79 Å². The summed E-state index contributed by atoms with van der Waals surface area (Å²) in [6, 6.07) is -1.88. The molecule has 2 unspecified atom stereocenters. The van der Waals surface area contributed by atoms with Crippen molar-refractivity contribution < 1.29 is 19.5 Å². The van der Waals surface area contributed by atoms with Gasteiger partial charge in [-0.25, -0.2) is 9.59 Å². The topological polar surface area (TPSA) is 86.7 Å². The molecule has 0 bridgehead atoms. The predicted octanol–water partition coefficient (Wildman–Crippen LogP) is 5.75. The molecular weight excluding hydrogens is 436 g/mol. The third-order valence-corrected chi connectivity index (χ3v) is 6.77. The van der Waals surface area contributed by atoms with Crippen molar-refractivity contribution in [3.63, 3.8) is 0 Å². The number of rotatable bonds is 13. The van der Waals surface area contributed by atoms with E-state index in [9.17, 15) is 19.5 Å². The van der Waals surface area contributed by atoms with E-state index in [1.165, 1.54) is 28.5 Å². The van der Waals surface area contributed by atoms with E-state index < -0.39 is 24.1 Å². The highest BCUT2D eigenvalue weighted by Gasteiger charge is 2.33. The zero-order valence-electron chi connectivity index (χ0n) is 21.0. The van der Waals surface area contributed by atoms with Crippen molar-refractivity contribution >= 4 is 29.5 Å². The Morgan fingerprint density at radius 2 is 1.64 bits per heavy atom. The van der Waals surface area contributed by atoms with Gasteiger partial charge in [0.1, 0.15) is 6.04 Å². The first-order valence-corrected chi connectivity index (χ1v) is 13.1. The molecule has 1 aliphatic heterocycles. The number of carboxylic acids is 1. The van der Waals surface area contributed by atoms with Gasteiger partial charge < -0.3 is 15.3 Å². The van der Waals surface area contributed by atoms with E-state index in [1.54, 1.807) is 11.8 Å². The molecule has 0 spiro atoms. The molecule has 6 nitrogen and oxygen atoms in total. The number of carboxylic acid groups (broad SMARTS) is 1. The molecule has 0 saturated carbocycles. The quantitative estimate of drug-likeness (QED) is 0.260. The maximum atomic E-state index is 12.6. The third kappa shape index (κ3) is 12.1.